The highest BCUT2D eigenvalue weighted by Gasteiger charge is 2.45. The third kappa shape index (κ3) is 4.09. The van der Waals surface area contributed by atoms with E-state index in [1.54, 1.807) is 18.2 Å². The van der Waals surface area contributed by atoms with Gasteiger partial charge in [0.25, 0.3) is 0 Å². The Labute approximate surface area is 155 Å². The Bertz CT molecular complexity index is 811. The average Bonchev–Trinajstić information content (AvgIpc) is 2.93. The molecule has 2 amide bonds. The molecule has 0 bridgehead atoms. The third-order valence-corrected chi connectivity index (χ3v) is 5.56. The van der Waals surface area contributed by atoms with Crippen molar-refractivity contribution in [2.24, 2.45) is 11.1 Å². The number of rotatable bonds is 3. The molecule has 4 N–H and O–H groups in total. The van der Waals surface area contributed by atoms with Crippen molar-refractivity contribution < 1.29 is 14.0 Å². The van der Waals surface area contributed by atoms with Crippen LogP contribution >= 0.6 is 11.3 Å². The summed E-state index contributed by atoms with van der Waals surface area (Å²) in [6, 6.07) is 6.83. The third-order valence-electron chi connectivity index (χ3n) is 4.45. The molecule has 4 rings (SSSR count). The van der Waals surface area contributed by atoms with Crippen molar-refractivity contribution in [3.8, 4) is 10.4 Å². The predicted octanol–water partition coefficient (Wildman–Crippen LogP) is 2.38. The van der Waals surface area contributed by atoms with Crippen molar-refractivity contribution in [1.82, 2.24) is 10.2 Å². The minimum atomic E-state index is -0.748. The van der Waals surface area contributed by atoms with Crippen LogP contribution in [0.2, 0.25) is 0 Å². The van der Waals surface area contributed by atoms with Crippen LogP contribution in [0.1, 0.15) is 9.67 Å². The normalized spacial score (nSPS) is 17.5. The molecule has 0 atom stereocenters. The zero-order valence-electron chi connectivity index (χ0n) is 14.4. The molecule has 2 aromatic rings. The molecule has 1 spiro atoms. The number of primary amides is 1. The van der Waals surface area contributed by atoms with Crippen LogP contribution in [0.15, 0.2) is 30.3 Å². The molecule has 0 radical (unpaired) electrons. The minimum absolute atomic E-state index is 0.335. The van der Waals surface area contributed by atoms with Gasteiger partial charge in [-0.15, -0.1) is 11.3 Å². The summed E-state index contributed by atoms with van der Waals surface area (Å²) in [6.07, 6.45) is 0.624. The smallest absolute Gasteiger partial charge is 0.316 e. The zero-order valence-corrected chi connectivity index (χ0v) is 15.2. The molecular weight excluding hydrogens is 355 g/mol. The minimum Gasteiger partial charge on any atom is -0.351 e. The molecule has 2 aliphatic rings. The van der Waals surface area contributed by atoms with E-state index < -0.39 is 6.03 Å². The van der Waals surface area contributed by atoms with Gasteiger partial charge in [-0.25, -0.2) is 9.18 Å². The number of halogens is 1. The molecule has 0 saturated carbocycles. The van der Waals surface area contributed by atoms with Crippen LogP contribution in [-0.2, 0) is 0 Å². The summed E-state index contributed by atoms with van der Waals surface area (Å²) in [6.45, 7) is 5.16. The van der Waals surface area contributed by atoms with E-state index in [0.717, 1.165) is 16.8 Å². The fourth-order valence-corrected chi connectivity index (χ4v) is 4.23. The molecule has 8 heteroatoms. The van der Waals surface area contributed by atoms with Gasteiger partial charge in [0, 0.05) is 36.5 Å². The van der Waals surface area contributed by atoms with E-state index in [1.807, 2.05) is 0 Å². The Balaban J connectivity index is 0.000000201. The number of nitrogens with zero attached hydrogens (tertiary/aromatic N) is 1. The molecule has 1 aromatic heterocycles. The van der Waals surface area contributed by atoms with Crippen molar-refractivity contribution >= 4 is 29.3 Å². The maximum atomic E-state index is 13.1. The van der Waals surface area contributed by atoms with Gasteiger partial charge in [0.2, 0.25) is 0 Å². The molecule has 2 saturated heterocycles. The summed E-state index contributed by atoms with van der Waals surface area (Å²) in [7, 11) is 2.18. The molecule has 0 unspecified atom stereocenters. The summed E-state index contributed by atoms with van der Waals surface area (Å²) in [5, 5.41) is 5.65. The van der Waals surface area contributed by atoms with Crippen LogP contribution in [0.25, 0.3) is 10.4 Å². The van der Waals surface area contributed by atoms with Crippen molar-refractivity contribution in [2.45, 2.75) is 0 Å². The Morgan fingerprint density at radius 3 is 2.58 bits per heavy atom. The van der Waals surface area contributed by atoms with Crippen LogP contribution in [0.4, 0.5) is 14.9 Å². The summed E-state index contributed by atoms with van der Waals surface area (Å²) >= 11 is 1.16. The highest BCUT2D eigenvalue weighted by Crippen LogP contribution is 2.34. The fraction of sp³-hybridized carbons (Fsp3) is 0.333. The number of aldehydes is 1. The summed E-state index contributed by atoms with van der Waals surface area (Å²) in [5.41, 5.74) is 6.70. The number of carbonyl (C=O) groups excluding carboxylic acids is 2. The number of nitrogens with one attached hydrogen (secondary N) is 2. The summed E-state index contributed by atoms with van der Waals surface area (Å²) in [4.78, 5) is 25.0. The van der Waals surface area contributed by atoms with E-state index in [-0.39, 0.29) is 5.82 Å². The number of likely N-dealkylation sites (tertiary alicyclic amines) is 1. The Morgan fingerprint density at radius 2 is 2.12 bits per heavy atom. The number of anilines is 1. The lowest BCUT2D eigenvalue weighted by molar-refractivity contribution is -0.0218. The van der Waals surface area contributed by atoms with Crippen molar-refractivity contribution in [3.05, 3.63) is 41.0 Å². The highest BCUT2D eigenvalue weighted by molar-refractivity contribution is 7.17. The van der Waals surface area contributed by atoms with Gasteiger partial charge in [-0.05, 0) is 30.8 Å². The molecule has 6 nitrogen and oxygen atoms in total. The first kappa shape index (κ1) is 18.5. The van der Waals surface area contributed by atoms with Crippen molar-refractivity contribution in [3.63, 3.8) is 0 Å². The lowest BCUT2D eigenvalue weighted by Gasteiger charge is -2.55. The van der Waals surface area contributed by atoms with E-state index in [2.05, 4.69) is 22.6 Å². The standard InChI is InChI=1S/C12H9FN2O2S.C6H12N2/c13-8-3-1-2-7(4-8)10-5-9(15-12(14)17)11(6-16)18-10;1-8-4-6(5-8)2-7-3-6/h1-6H,(H3,14,15,17);7H,2-5H2,1H3. The Morgan fingerprint density at radius 1 is 1.38 bits per heavy atom. The van der Waals surface area contributed by atoms with E-state index in [9.17, 15) is 14.0 Å². The SMILES string of the molecule is CN1CC2(CNC2)C1.NC(=O)Nc1cc(-c2cccc(F)c2)sc1C=O. The fourth-order valence-electron chi connectivity index (χ4n) is 3.31. The molecule has 2 aliphatic heterocycles. The molecule has 138 valence electrons. The van der Waals surface area contributed by atoms with E-state index in [1.165, 1.54) is 38.3 Å². The summed E-state index contributed by atoms with van der Waals surface area (Å²) in [5.74, 6) is -0.363. The molecule has 1 aromatic carbocycles. The number of amides is 2. The zero-order chi connectivity index (χ0) is 18.7. The topological polar surface area (TPSA) is 87.5 Å². The second kappa shape index (κ2) is 7.53. The maximum absolute atomic E-state index is 13.1. The highest BCUT2D eigenvalue weighted by atomic mass is 32.1. The Kier molecular flexibility index (Phi) is 5.36. The van der Waals surface area contributed by atoms with Gasteiger partial charge < -0.3 is 21.3 Å². The quantitative estimate of drug-likeness (QED) is 0.718. The van der Waals surface area contributed by atoms with Crippen LogP contribution in [0.5, 0.6) is 0 Å². The van der Waals surface area contributed by atoms with E-state index >= 15 is 0 Å². The van der Waals surface area contributed by atoms with Crippen molar-refractivity contribution in [2.75, 3.05) is 38.5 Å². The number of thiophene rings is 1. The van der Waals surface area contributed by atoms with Crippen LogP contribution in [0, 0.1) is 11.2 Å². The van der Waals surface area contributed by atoms with Crippen LogP contribution < -0.4 is 16.4 Å². The lowest BCUT2D eigenvalue weighted by Crippen LogP contribution is -2.69. The average molecular weight is 376 g/mol. The molecule has 0 aliphatic carbocycles. The summed E-state index contributed by atoms with van der Waals surface area (Å²) < 4.78 is 13.1. The number of urea groups is 1. The number of nitrogens with two attached hydrogens (primary N) is 1. The van der Waals surface area contributed by atoms with Gasteiger partial charge >= 0.3 is 6.03 Å². The van der Waals surface area contributed by atoms with Gasteiger partial charge in [0.05, 0.1) is 10.6 Å². The van der Waals surface area contributed by atoms with Gasteiger partial charge in [0.15, 0.2) is 6.29 Å². The molecule has 26 heavy (non-hydrogen) atoms. The van der Waals surface area contributed by atoms with Crippen LogP contribution in [-0.4, -0.2) is 50.4 Å². The molecule has 3 heterocycles. The first-order valence-corrected chi connectivity index (χ1v) is 9.03. The second-order valence-electron chi connectivity index (χ2n) is 6.78. The van der Waals surface area contributed by atoms with Gasteiger partial charge in [0.1, 0.15) is 5.82 Å². The van der Waals surface area contributed by atoms with Crippen molar-refractivity contribution in [1.29, 1.82) is 0 Å². The monoisotopic (exact) mass is 376 g/mol. The number of benzene rings is 1. The first-order valence-electron chi connectivity index (χ1n) is 8.21. The Hall–Kier alpha value is -2.29. The lowest BCUT2D eigenvalue weighted by atomic mass is 9.75. The van der Waals surface area contributed by atoms with Gasteiger partial charge in [-0.3, -0.25) is 4.79 Å². The molecule has 2 fully saturated rings. The number of hydrogen-bond acceptors (Lipinski definition) is 5. The van der Waals surface area contributed by atoms with E-state index in [4.69, 9.17) is 5.73 Å². The van der Waals surface area contributed by atoms with Gasteiger partial charge in [-0.2, -0.15) is 0 Å². The van der Waals surface area contributed by atoms with Crippen LogP contribution in [0.3, 0.4) is 0 Å². The predicted molar refractivity (Wildman–Crippen MR) is 101 cm³/mol. The second-order valence-corrected chi connectivity index (χ2v) is 7.87. The largest absolute Gasteiger partial charge is 0.351 e. The van der Waals surface area contributed by atoms with Gasteiger partial charge in [-0.1, -0.05) is 12.1 Å². The molecular formula is C18H21FN4O2S. The number of hydrogen-bond donors (Lipinski definition) is 3. The maximum Gasteiger partial charge on any atom is 0.316 e. The first-order chi connectivity index (χ1) is 12.4. The number of carbonyl (C=O) groups is 2. The van der Waals surface area contributed by atoms with E-state index in [0.29, 0.717) is 27.3 Å².